The predicted octanol–water partition coefficient (Wildman–Crippen LogP) is 2.98. The Morgan fingerprint density at radius 2 is 1.86 bits per heavy atom. The zero-order valence-electron chi connectivity index (χ0n) is 16.3. The van der Waals surface area contributed by atoms with Crippen molar-refractivity contribution in [3.05, 3.63) is 82.4 Å². The molecule has 0 bridgehead atoms. The number of ether oxygens (including phenoxy) is 1. The van der Waals surface area contributed by atoms with Crippen LogP contribution in [0.25, 0.3) is 11.3 Å². The van der Waals surface area contributed by atoms with E-state index in [4.69, 9.17) is 4.74 Å². The number of para-hydroxylation sites is 1. The molecule has 0 saturated heterocycles. The van der Waals surface area contributed by atoms with Gasteiger partial charge in [-0.1, -0.05) is 18.2 Å². The van der Waals surface area contributed by atoms with Gasteiger partial charge in [-0.05, 0) is 55.3 Å². The van der Waals surface area contributed by atoms with Crippen molar-refractivity contribution in [1.82, 2.24) is 15.1 Å². The molecule has 3 aromatic rings. The third-order valence-corrected chi connectivity index (χ3v) is 4.60. The van der Waals surface area contributed by atoms with E-state index in [1.54, 1.807) is 32.2 Å². The molecule has 2 aromatic carbocycles. The first kappa shape index (κ1) is 20.3. The Morgan fingerprint density at radius 3 is 2.59 bits per heavy atom. The Hall–Kier alpha value is -3.48. The molecule has 1 N–H and O–H groups in total. The lowest BCUT2D eigenvalue weighted by atomic mass is 10.1. The number of hydrogen-bond donors (Lipinski definition) is 1. The number of carbonyl (C=O) groups excluding carboxylic acids is 1. The molecule has 3 rings (SSSR count). The van der Waals surface area contributed by atoms with Crippen molar-refractivity contribution >= 4 is 5.91 Å². The number of amides is 1. The summed E-state index contributed by atoms with van der Waals surface area (Å²) in [7, 11) is 1.60. The summed E-state index contributed by atoms with van der Waals surface area (Å²) in [6.45, 7) is 2.01. The standard InChI is InChI=1S/C22H22FN3O3/c1-15(22(28)24-14-13-17-5-3-4-6-20(17)29-2)26-21(27)12-11-19(25-26)16-7-9-18(23)10-8-16/h3-12,15H,13-14H2,1-2H3,(H,24,28). The van der Waals surface area contributed by atoms with Gasteiger partial charge in [0, 0.05) is 18.2 Å². The Morgan fingerprint density at radius 1 is 1.14 bits per heavy atom. The van der Waals surface area contributed by atoms with Gasteiger partial charge in [0.15, 0.2) is 0 Å². The van der Waals surface area contributed by atoms with Crippen LogP contribution in [0.4, 0.5) is 4.39 Å². The zero-order chi connectivity index (χ0) is 20.8. The largest absolute Gasteiger partial charge is 0.496 e. The van der Waals surface area contributed by atoms with E-state index in [0.29, 0.717) is 24.2 Å². The minimum Gasteiger partial charge on any atom is -0.496 e. The number of nitrogens with one attached hydrogen (secondary N) is 1. The van der Waals surface area contributed by atoms with Crippen LogP contribution in [0.5, 0.6) is 5.75 Å². The molecule has 29 heavy (non-hydrogen) atoms. The van der Waals surface area contributed by atoms with E-state index in [9.17, 15) is 14.0 Å². The molecule has 1 heterocycles. The lowest BCUT2D eigenvalue weighted by molar-refractivity contribution is -0.124. The number of aromatic nitrogens is 2. The van der Waals surface area contributed by atoms with Crippen LogP contribution in [0.15, 0.2) is 65.5 Å². The van der Waals surface area contributed by atoms with E-state index in [2.05, 4.69) is 10.4 Å². The van der Waals surface area contributed by atoms with E-state index in [1.165, 1.54) is 18.2 Å². The van der Waals surface area contributed by atoms with Crippen LogP contribution in [0, 0.1) is 5.82 Å². The van der Waals surface area contributed by atoms with Crippen molar-refractivity contribution in [2.24, 2.45) is 0 Å². The molecule has 0 radical (unpaired) electrons. The van der Waals surface area contributed by atoms with Crippen LogP contribution < -0.4 is 15.6 Å². The average molecular weight is 395 g/mol. The molecular weight excluding hydrogens is 373 g/mol. The van der Waals surface area contributed by atoms with Gasteiger partial charge in [-0.15, -0.1) is 0 Å². The first-order valence-corrected chi connectivity index (χ1v) is 9.25. The molecule has 1 unspecified atom stereocenters. The molecule has 7 heteroatoms. The van der Waals surface area contributed by atoms with Gasteiger partial charge < -0.3 is 10.1 Å². The molecule has 1 amide bonds. The van der Waals surface area contributed by atoms with Gasteiger partial charge in [0.2, 0.25) is 5.91 Å². The summed E-state index contributed by atoms with van der Waals surface area (Å²) in [5, 5.41) is 7.12. The maximum absolute atomic E-state index is 13.1. The Labute approximate surface area is 168 Å². The minimum atomic E-state index is -0.791. The maximum Gasteiger partial charge on any atom is 0.267 e. The van der Waals surface area contributed by atoms with Crippen molar-refractivity contribution in [1.29, 1.82) is 0 Å². The quantitative estimate of drug-likeness (QED) is 0.668. The Balaban J connectivity index is 1.69. The van der Waals surface area contributed by atoms with Crippen LogP contribution in [-0.2, 0) is 11.2 Å². The summed E-state index contributed by atoms with van der Waals surface area (Å²) in [5.74, 6) is 0.0929. The highest BCUT2D eigenvalue weighted by Crippen LogP contribution is 2.18. The fraction of sp³-hybridized carbons (Fsp3) is 0.227. The second-order valence-corrected chi connectivity index (χ2v) is 6.54. The fourth-order valence-corrected chi connectivity index (χ4v) is 2.97. The topological polar surface area (TPSA) is 73.2 Å². The number of methoxy groups -OCH3 is 1. The molecule has 0 aliphatic carbocycles. The Kier molecular flexibility index (Phi) is 6.39. The molecule has 1 aromatic heterocycles. The maximum atomic E-state index is 13.1. The number of halogens is 1. The third kappa shape index (κ3) is 4.87. The summed E-state index contributed by atoms with van der Waals surface area (Å²) < 4.78 is 19.6. The molecular formula is C22H22FN3O3. The van der Waals surface area contributed by atoms with Gasteiger partial charge in [-0.2, -0.15) is 5.10 Å². The van der Waals surface area contributed by atoms with Gasteiger partial charge >= 0.3 is 0 Å². The van der Waals surface area contributed by atoms with Crippen LogP contribution >= 0.6 is 0 Å². The van der Waals surface area contributed by atoms with E-state index in [1.807, 2.05) is 24.3 Å². The molecule has 1 atom stereocenters. The number of rotatable bonds is 7. The van der Waals surface area contributed by atoms with Gasteiger partial charge in [-0.25, -0.2) is 9.07 Å². The smallest absolute Gasteiger partial charge is 0.267 e. The molecule has 0 aliphatic rings. The van der Waals surface area contributed by atoms with E-state index < -0.39 is 6.04 Å². The SMILES string of the molecule is COc1ccccc1CCNC(=O)C(C)n1nc(-c2ccc(F)cc2)ccc1=O. The highest BCUT2D eigenvalue weighted by molar-refractivity contribution is 5.79. The van der Waals surface area contributed by atoms with Gasteiger partial charge in [-0.3, -0.25) is 9.59 Å². The second kappa shape index (κ2) is 9.14. The van der Waals surface area contributed by atoms with Crippen LogP contribution in [-0.4, -0.2) is 29.3 Å². The van der Waals surface area contributed by atoms with E-state index in [0.717, 1.165) is 16.0 Å². The summed E-state index contributed by atoms with van der Waals surface area (Å²) in [5.41, 5.74) is 1.74. The minimum absolute atomic E-state index is 0.314. The highest BCUT2D eigenvalue weighted by Gasteiger charge is 2.18. The van der Waals surface area contributed by atoms with Crippen LogP contribution in [0.1, 0.15) is 18.5 Å². The van der Waals surface area contributed by atoms with Gasteiger partial charge in [0.05, 0.1) is 12.8 Å². The molecule has 150 valence electrons. The lowest BCUT2D eigenvalue weighted by Gasteiger charge is -2.15. The molecule has 6 nitrogen and oxygen atoms in total. The summed E-state index contributed by atoms with van der Waals surface area (Å²) in [6.07, 6.45) is 0.598. The monoisotopic (exact) mass is 395 g/mol. The molecule has 0 fully saturated rings. The molecule has 0 aliphatic heterocycles. The highest BCUT2D eigenvalue weighted by atomic mass is 19.1. The van der Waals surface area contributed by atoms with Crippen molar-refractivity contribution in [3.63, 3.8) is 0 Å². The number of carbonyl (C=O) groups is 1. The molecule has 0 spiro atoms. The Bertz CT molecular complexity index is 1050. The van der Waals surface area contributed by atoms with Crippen molar-refractivity contribution in [2.45, 2.75) is 19.4 Å². The first-order valence-electron chi connectivity index (χ1n) is 9.25. The van der Waals surface area contributed by atoms with Crippen molar-refractivity contribution in [3.8, 4) is 17.0 Å². The normalized spacial score (nSPS) is 11.7. The fourth-order valence-electron chi connectivity index (χ4n) is 2.97. The average Bonchev–Trinajstić information content (AvgIpc) is 2.74. The second-order valence-electron chi connectivity index (χ2n) is 6.54. The number of benzene rings is 2. The molecule has 0 saturated carbocycles. The van der Waals surface area contributed by atoms with Crippen LogP contribution in [0.2, 0.25) is 0 Å². The summed E-state index contributed by atoms with van der Waals surface area (Å²) in [6, 6.07) is 15.5. The zero-order valence-corrected chi connectivity index (χ0v) is 16.3. The van der Waals surface area contributed by atoms with Crippen LogP contribution in [0.3, 0.4) is 0 Å². The van der Waals surface area contributed by atoms with Crippen molar-refractivity contribution < 1.29 is 13.9 Å². The third-order valence-electron chi connectivity index (χ3n) is 4.60. The predicted molar refractivity (Wildman–Crippen MR) is 108 cm³/mol. The van der Waals surface area contributed by atoms with Gasteiger partial charge in [0.1, 0.15) is 17.6 Å². The first-order chi connectivity index (χ1) is 14.0. The number of nitrogens with zero attached hydrogens (tertiary/aromatic N) is 2. The van der Waals surface area contributed by atoms with E-state index in [-0.39, 0.29) is 17.3 Å². The summed E-state index contributed by atoms with van der Waals surface area (Å²) >= 11 is 0. The summed E-state index contributed by atoms with van der Waals surface area (Å²) in [4.78, 5) is 24.8. The van der Waals surface area contributed by atoms with E-state index >= 15 is 0 Å². The number of hydrogen-bond acceptors (Lipinski definition) is 4. The van der Waals surface area contributed by atoms with Gasteiger partial charge in [0.25, 0.3) is 5.56 Å². The van der Waals surface area contributed by atoms with Crippen molar-refractivity contribution in [2.75, 3.05) is 13.7 Å². The lowest BCUT2D eigenvalue weighted by Crippen LogP contribution is -2.37.